The van der Waals surface area contributed by atoms with Gasteiger partial charge in [0.15, 0.2) is 10.9 Å². The first-order chi connectivity index (χ1) is 12.6. The van der Waals surface area contributed by atoms with Crippen molar-refractivity contribution in [3.63, 3.8) is 0 Å². The van der Waals surface area contributed by atoms with Crippen LogP contribution < -0.4 is 4.74 Å². The molecule has 5 nitrogen and oxygen atoms in total. The number of nitrogens with zero attached hydrogens (tertiary/aromatic N) is 3. The second-order valence-corrected chi connectivity index (χ2v) is 7.57. The van der Waals surface area contributed by atoms with E-state index in [1.54, 1.807) is 25.3 Å². The van der Waals surface area contributed by atoms with E-state index in [4.69, 9.17) is 16.3 Å². The van der Waals surface area contributed by atoms with E-state index in [0.29, 0.717) is 16.3 Å². The van der Waals surface area contributed by atoms with Gasteiger partial charge < -0.3 is 4.74 Å². The molecule has 1 saturated heterocycles. The molecule has 26 heavy (non-hydrogen) atoms. The van der Waals surface area contributed by atoms with Crippen LogP contribution >= 0.6 is 23.4 Å². The van der Waals surface area contributed by atoms with Gasteiger partial charge in [-0.3, -0.25) is 9.69 Å². The van der Waals surface area contributed by atoms with Gasteiger partial charge in [-0.15, -0.1) is 0 Å². The van der Waals surface area contributed by atoms with Gasteiger partial charge in [0.2, 0.25) is 0 Å². The van der Waals surface area contributed by atoms with Crippen molar-refractivity contribution >= 4 is 29.1 Å². The number of piperidine rings is 1. The fourth-order valence-corrected chi connectivity index (χ4v) is 3.78. The standard InChI is InChI=1S/C19H22ClN3O2S/c1-25-17-6-5-15(20)8-16(17)18(24)14-4-3-7-23(12-14)11-13-9-21-19(26-2)22-10-13/h5-6,8-10,14H,3-4,7,11-12H2,1-2H3/t14-/m0/s1. The number of benzene rings is 1. The Balaban J connectivity index is 1.69. The minimum Gasteiger partial charge on any atom is -0.496 e. The number of hydrogen-bond acceptors (Lipinski definition) is 6. The molecule has 2 heterocycles. The molecule has 0 unspecified atom stereocenters. The highest BCUT2D eigenvalue weighted by atomic mass is 35.5. The molecule has 1 aliphatic rings. The number of carbonyl (C=O) groups is 1. The van der Waals surface area contributed by atoms with Gasteiger partial charge in [-0.2, -0.15) is 0 Å². The van der Waals surface area contributed by atoms with Gasteiger partial charge in [0.1, 0.15) is 5.75 Å². The number of likely N-dealkylation sites (tertiary alicyclic amines) is 1. The number of thioether (sulfide) groups is 1. The third kappa shape index (κ3) is 4.55. The number of Topliss-reactive ketones (excluding diaryl/α,β-unsaturated/α-hetero) is 1. The zero-order valence-electron chi connectivity index (χ0n) is 14.9. The van der Waals surface area contributed by atoms with Crippen LogP contribution in [0.15, 0.2) is 35.7 Å². The number of halogens is 1. The number of ketones is 1. The highest BCUT2D eigenvalue weighted by Gasteiger charge is 2.28. The van der Waals surface area contributed by atoms with Crippen LogP contribution in [0.5, 0.6) is 5.75 Å². The largest absolute Gasteiger partial charge is 0.496 e. The summed E-state index contributed by atoms with van der Waals surface area (Å²) in [5.41, 5.74) is 1.63. The van der Waals surface area contributed by atoms with Crippen LogP contribution in [0.3, 0.4) is 0 Å². The first-order valence-corrected chi connectivity index (χ1v) is 10.2. The monoisotopic (exact) mass is 391 g/mol. The third-order valence-electron chi connectivity index (χ3n) is 4.57. The van der Waals surface area contributed by atoms with E-state index in [1.807, 2.05) is 18.6 Å². The molecule has 1 aromatic carbocycles. The zero-order chi connectivity index (χ0) is 18.5. The molecule has 0 aliphatic carbocycles. The van der Waals surface area contributed by atoms with Crippen LogP contribution in [0.1, 0.15) is 28.8 Å². The van der Waals surface area contributed by atoms with Crippen molar-refractivity contribution in [1.82, 2.24) is 14.9 Å². The molecule has 0 radical (unpaired) electrons. The van der Waals surface area contributed by atoms with Gasteiger partial charge in [-0.05, 0) is 43.8 Å². The Morgan fingerprint density at radius 1 is 1.38 bits per heavy atom. The molecule has 1 atom stereocenters. The number of ether oxygens (including phenoxy) is 1. The molecule has 0 N–H and O–H groups in total. The maximum Gasteiger partial charge on any atom is 0.187 e. The van der Waals surface area contributed by atoms with E-state index in [2.05, 4.69) is 14.9 Å². The van der Waals surface area contributed by atoms with Crippen LogP contribution in [-0.2, 0) is 6.54 Å². The van der Waals surface area contributed by atoms with E-state index in [0.717, 1.165) is 43.2 Å². The maximum absolute atomic E-state index is 13.0. The zero-order valence-corrected chi connectivity index (χ0v) is 16.5. The van der Waals surface area contributed by atoms with Crippen molar-refractivity contribution in [2.75, 3.05) is 26.5 Å². The number of carbonyl (C=O) groups excluding carboxylic acids is 1. The van der Waals surface area contributed by atoms with Crippen LogP contribution in [0.4, 0.5) is 0 Å². The molecule has 2 aromatic rings. The minimum atomic E-state index is -0.0532. The molecule has 0 bridgehead atoms. The quantitative estimate of drug-likeness (QED) is 0.422. The van der Waals surface area contributed by atoms with Crippen molar-refractivity contribution in [1.29, 1.82) is 0 Å². The second kappa shape index (κ2) is 8.84. The average Bonchev–Trinajstić information content (AvgIpc) is 2.68. The smallest absolute Gasteiger partial charge is 0.187 e. The van der Waals surface area contributed by atoms with Gasteiger partial charge in [-0.25, -0.2) is 9.97 Å². The molecule has 138 valence electrons. The fourth-order valence-electron chi connectivity index (χ4n) is 3.29. The molecule has 1 aliphatic heterocycles. The SMILES string of the molecule is COc1ccc(Cl)cc1C(=O)[C@H]1CCCN(Cc2cnc(SC)nc2)C1. The summed E-state index contributed by atoms with van der Waals surface area (Å²) in [6.07, 6.45) is 7.56. The minimum absolute atomic E-state index is 0.0532. The Bertz CT molecular complexity index is 770. The molecular weight excluding hydrogens is 370 g/mol. The number of rotatable bonds is 6. The first-order valence-electron chi connectivity index (χ1n) is 8.55. The lowest BCUT2D eigenvalue weighted by Gasteiger charge is -2.32. The summed E-state index contributed by atoms with van der Waals surface area (Å²) in [6.45, 7) is 2.45. The molecule has 1 aromatic heterocycles. The van der Waals surface area contributed by atoms with Gasteiger partial charge in [0.25, 0.3) is 0 Å². The van der Waals surface area contributed by atoms with Crippen LogP contribution in [0.2, 0.25) is 5.02 Å². The summed E-state index contributed by atoms with van der Waals surface area (Å²) < 4.78 is 5.34. The lowest BCUT2D eigenvalue weighted by molar-refractivity contribution is 0.0808. The summed E-state index contributed by atoms with van der Waals surface area (Å²) >= 11 is 7.61. The number of methoxy groups -OCH3 is 1. The normalized spacial score (nSPS) is 17.9. The van der Waals surface area contributed by atoms with Gasteiger partial charge in [0, 0.05) is 42.0 Å². The topological polar surface area (TPSA) is 55.3 Å². The first kappa shape index (κ1) is 19.1. The van der Waals surface area contributed by atoms with Crippen LogP contribution in [0, 0.1) is 5.92 Å². The molecule has 0 spiro atoms. The van der Waals surface area contributed by atoms with E-state index < -0.39 is 0 Å². The van der Waals surface area contributed by atoms with E-state index in [9.17, 15) is 4.79 Å². The van der Waals surface area contributed by atoms with Crippen molar-refractivity contribution in [2.45, 2.75) is 24.5 Å². The van der Waals surface area contributed by atoms with Crippen molar-refractivity contribution in [3.05, 3.63) is 46.7 Å². The van der Waals surface area contributed by atoms with Crippen molar-refractivity contribution < 1.29 is 9.53 Å². The second-order valence-electron chi connectivity index (χ2n) is 6.36. The lowest BCUT2D eigenvalue weighted by Crippen LogP contribution is -2.38. The third-order valence-corrected chi connectivity index (χ3v) is 5.38. The molecule has 3 rings (SSSR count). The highest BCUT2D eigenvalue weighted by Crippen LogP contribution is 2.29. The Labute approximate surface area is 163 Å². The fraction of sp³-hybridized carbons (Fsp3) is 0.421. The summed E-state index contributed by atoms with van der Waals surface area (Å²) in [5, 5.41) is 1.32. The van der Waals surface area contributed by atoms with Gasteiger partial charge >= 0.3 is 0 Å². The molecular formula is C19H22ClN3O2S. The average molecular weight is 392 g/mol. The summed E-state index contributed by atoms with van der Waals surface area (Å²) in [5.74, 6) is 0.628. The van der Waals surface area contributed by atoms with E-state index >= 15 is 0 Å². The Kier molecular flexibility index (Phi) is 6.51. The number of aromatic nitrogens is 2. The predicted molar refractivity (Wildman–Crippen MR) is 104 cm³/mol. The number of hydrogen-bond donors (Lipinski definition) is 0. The predicted octanol–water partition coefficient (Wildman–Crippen LogP) is 3.96. The molecule has 0 saturated carbocycles. The summed E-state index contributed by atoms with van der Waals surface area (Å²) in [6, 6.07) is 5.19. The van der Waals surface area contributed by atoms with E-state index in [-0.39, 0.29) is 11.7 Å². The summed E-state index contributed by atoms with van der Waals surface area (Å²) in [7, 11) is 1.57. The Morgan fingerprint density at radius 3 is 2.85 bits per heavy atom. The van der Waals surface area contributed by atoms with Crippen LogP contribution in [-0.4, -0.2) is 47.1 Å². The lowest BCUT2D eigenvalue weighted by atomic mass is 9.89. The van der Waals surface area contributed by atoms with Crippen molar-refractivity contribution in [3.8, 4) is 5.75 Å². The molecule has 7 heteroatoms. The van der Waals surface area contributed by atoms with Gasteiger partial charge in [-0.1, -0.05) is 23.4 Å². The van der Waals surface area contributed by atoms with Gasteiger partial charge in [0.05, 0.1) is 12.7 Å². The maximum atomic E-state index is 13.0. The highest BCUT2D eigenvalue weighted by molar-refractivity contribution is 7.98. The van der Waals surface area contributed by atoms with Crippen LogP contribution in [0.25, 0.3) is 0 Å². The van der Waals surface area contributed by atoms with Crippen molar-refractivity contribution in [2.24, 2.45) is 5.92 Å². The molecule has 0 amide bonds. The van der Waals surface area contributed by atoms with E-state index in [1.165, 1.54) is 11.8 Å². The summed E-state index contributed by atoms with van der Waals surface area (Å²) in [4.78, 5) is 24.0. The molecule has 1 fully saturated rings. The Morgan fingerprint density at radius 2 is 2.15 bits per heavy atom. The Hall–Kier alpha value is -1.63.